The number of aromatic nitrogens is 6. The number of likely N-dealkylation sites (N-methyl/N-ethyl adjacent to an activating group) is 1. The first-order valence-corrected chi connectivity index (χ1v) is 15.3. The number of amides is 1. The summed E-state index contributed by atoms with van der Waals surface area (Å²) in [6, 6.07) is 12.5. The number of nitrogens with one attached hydrogen (secondary N) is 3. The van der Waals surface area contributed by atoms with Crippen molar-refractivity contribution in [2.75, 3.05) is 52.2 Å². The largest absolute Gasteiger partial charge is 0.492 e. The second-order valence-electron chi connectivity index (χ2n) is 11.8. The average molecular weight is 620 g/mol. The smallest absolute Gasteiger partial charge is 0.238 e. The Morgan fingerprint density at radius 1 is 1.00 bits per heavy atom. The number of carbonyl (C=O) groups is 1. The fourth-order valence-electron chi connectivity index (χ4n) is 5.92. The van der Waals surface area contributed by atoms with Crippen LogP contribution in [0.4, 0.5) is 10.1 Å². The van der Waals surface area contributed by atoms with E-state index < -0.39 is 0 Å². The molecule has 5 aromatic heterocycles. The molecule has 1 aliphatic heterocycles. The highest BCUT2D eigenvalue weighted by atomic mass is 19.1. The molecule has 0 radical (unpaired) electrons. The summed E-state index contributed by atoms with van der Waals surface area (Å²) in [6.45, 7) is 3.77. The van der Waals surface area contributed by atoms with Crippen LogP contribution in [0.1, 0.15) is 12.8 Å². The van der Waals surface area contributed by atoms with Gasteiger partial charge in [0.25, 0.3) is 0 Å². The molecule has 1 aromatic carbocycles. The van der Waals surface area contributed by atoms with E-state index in [0.717, 1.165) is 58.4 Å². The normalized spacial score (nSPS) is 13.7. The molecule has 6 heterocycles. The molecule has 7 rings (SSSR count). The first-order chi connectivity index (χ1) is 22.4. The van der Waals surface area contributed by atoms with Gasteiger partial charge in [0.1, 0.15) is 18.2 Å². The van der Waals surface area contributed by atoms with Crippen molar-refractivity contribution in [2.24, 2.45) is 0 Å². The molecule has 0 atom stereocenters. The van der Waals surface area contributed by atoms with Gasteiger partial charge in [-0.05, 0) is 76.4 Å². The molecular weight excluding hydrogens is 585 g/mol. The second-order valence-corrected chi connectivity index (χ2v) is 11.8. The Morgan fingerprint density at radius 3 is 2.70 bits per heavy atom. The van der Waals surface area contributed by atoms with Crippen LogP contribution in [0.15, 0.2) is 67.3 Å². The van der Waals surface area contributed by atoms with Crippen molar-refractivity contribution in [2.45, 2.75) is 12.8 Å². The summed E-state index contributed by atoms with van der Waals surface area (Å²) >= 11 is 0. The number of benzene rings is 1. The number of likely N-dealkylation sites (tertiary alicyclic amines) is 1. The van der Waals surface area contributed by atoms with Crippen molar-refractivity contribution < 1.29 is 13.9 Å². The van der Waals surface area contributed by atoms with E-state index in [9.17, 15) is 9.18 Å². The van der Waals surface area contributed by atoms with Crippen LogP contribution >= 0.6 is 0 Å². The lowest BCUT2D eigenvalue weighted by atomic mass is 10.1. The average Bonchev–Trinajstić information content (AvgIpc) is 3.80. The molecule has 11 nitrogen and oxygen atoms in total. The molecule has 0 bridgehead atoms. The number of fused-ring (bicyclic) bond motifs is 2. The van der Waals surface area contributed by atoms with Crippen LogP contribution in [0.5, 0.6) is 5.75 Å². The first-order valence-electron chi connectivity index (χ1n) is 15.3. The van der Waals surface area contributed by atoms with Crippen LogP contribution in [0.3, 0.4) is 0 Å². The topological polar surface area (TPSA) is 128 Å². The number of hydrogen-bond acceptors (Lipinski definition) is 8. The Morgan fingerprint density at radius 2 is 1.85 bits per heavy atom. The maximum absolute atomic E-state index is 14.8. The van der Waals surface area contributed by atoms with Gasteiger partial charge in [-0.1, -0.05) is 0 Å². The summed E-state index contributed by atoms with van der Waals surface area (Å²) in [6.07, 6.45) is 9.22. The van der Waals surface area contributed by atoms with Crippen LogP contribution in [0, 0.1) is 5.82 Å². The third-order valence-electron chi connectivity index (χ3n) is 8.06. The third kappa shape index (κ3) is 6.30. The fourth-order valence-corrected chi connectivity index (χ4v) is 5.92. The van der Waals surface area contributed by atoms with Crippen LogP contribution < -0.4 is 10.1 Å². The first kappa shape index (κ1) is 29.5. The highest BCUT2D eigenvalue weighted by Crippen LogP contribution is 2.35. The number of nitrogens with zero attached hydrogens (tertiary/aromatic N) is 6. The van der Waals surface area contributed by atoms with Crippen molar-refractivity contribution in [3.05, 3.63) is 73.1 Å². The van der Waals surface area contributed by atoms with Gasteiger partial charge in [0.05, 0.1) is 35.5 Å². The minimum Gasteiger partial charge on any atom is -0.492 e. The number of carbonyl (C=O) groups excluding carboxylic acids is 1. The summed E-state index contributed by atoms with van der Waals surface area (Å²) in [5.41, 5.74) is 6.44. The van der Waals surface area contributed by atoms with E-state index in [2.05, 4.69) is 40.3 Å². The second kappa shape index (κ2) is 12.7. The number of ether oxygens (including phenoxy) is 1. The van der Waals surface area contributed by atoms with Crippen molar-refractivity contribution in [3.8, 4) is 39.5 Å². The molecule has 12 heteroatoms. The molecule has 3 N–H and O–H groups in total. The van der Waals surface area contributed by atoms with Crippen LogP contribution in [-0.2, 0) is 4.79 Å². The van der Waals surface area contributed by atoms with Crippen molar-refractivity contribution in [3.63, 3.8) is 0 Å². The van der Waals surface area contributed by atoms with E-state index >= 15 is 0 Å². The molecule has 0 spiro atoms. The van der Waals surface area contributed by atoms with Gasteiger partial charge in [-0.2, -0.15) is 5.10 Å². The molecule has 0 unspecified atom stereocenters. The Hall–Kier alpha value is -5.20. The quantitative estimate of drug-likeness (QED) is 0.187. The monoisotopic (exact) mass is 619 g/mol. The highest BCUT2D eigenvalue weighted by Gasteiger charge is 2.17. The molecular formula is C34H34FN9O2. The zero-order valence-corrected chi connectivity index (χ0v) is 25.7. The van der Waals surface area contributed by atoms with E-state index in [0.29, 0.717) is 34.9 Å². The zero-order chi connectivity index (χ0) is 31.6. The zero-order valence-electron chi connectivity index (χ0n) is 25.7. The van der Waals surface area contributed by atoms with Gasteiger partial charge in [-0.15, -0.1) is 0 Å². The highest BCUT2D eigenvalue weighted by molar-refractivity contribution is 6.00. The molecule has 1 amide bonds. The molecule has 6 aromatic rings. The Bertz CT molecular complexity index is 2030. The van der Waals surface area contributed by atoms with Gasteiger partial charge in [-0.3, -0.25) is 24.8 Å². The Balaban J connectivity index is 1.18. The number of aromatic amines is 2. The fraction of sp³-hybridized carbons (Fsp3) is 0.265. The predicted octanol–water partition coefficient (Wildman–Crippen LogP) is 5.34. The standard InChI is InChI=1S/C34H34FN9O2/c1-43(2)20-31(45)39-25-12-22(17-36-19-25)23-14-28-33(41-42-34(28)38-18-23)30-16-27-29(40-30)5-6-37-32(27)21-11-24(35)15-26(13-21)46-10-9-44-7-3-4-8-44/h5-6,11-19,40H,3-4,7-10,20H2,1-2H3,(H,39,45)(H,38,41,42). The summed E-state index contributed by atoms with van der Waals surface area (Å²) in [7, 11) is 3.68. The Labute approximate surface area is 264 Å². The van der Waals surface area contributed by atoms with Gasteiger partial charge in [0.2, 0.25) is 5.91 Å². The minimum absolute atomic E-state index is 0.123. The van der Waals surface area contributed by atoms with Gasteiger partial charge in [-0.25, -0.2) is 9.37 Å². The van der Waals surface area contributed by atoms with E-state index in [1.54, 1.807) is 29.7 Å². The molecule has 46 heavy (non-hydrogen) atoms. The van der Waals surface area contributed by atoms with Crippen LogP contribution in [0.25, 0.3) is 55.7 Å². The van der Waals surface area contributed by atoms with Crippen LogP contribution in [-0.4, -0.2) is 92.7 Å². The molecule has 0 aliphatic carbocycles. The van der Waals surface area contributed by atoms with E-state index in [-0.39, 0.29) is 18.3 Å². The number of H-pyrrole nitrogens is 2. The van der Waals surface area contributed by atoms with Crippen molar-refractivity contribution in [1.82, 2.24) is 39.9 Å². The SMILES string of the molecule is CN(C)CC(=O)Nc1cncc(-c2cnc3n[nH]c(-c4cc5c(-c6cc(F)cc(OCCN7CCCC7)c6)nccc5[nH]4)c3c2)c1. The van der Waals surface area contributed by atoms with E-state index in [1.807, 2.05) is 44.4 Å². The molecule has 1 fully saturated rings. The lowest BCUT2D eigenvalue weighted by Crippen LogP contribution is -2.27. The maximum Gasteiger partial charge on any atom is 0.238 e. The minimum atomic E-state index is -0.378. The summed E-state index contributed by atoms with van der Waals surface area (Å²) in [4.78, 5) is 33.4. The number of hydrogen-bond donors (Lipinski definition) is 3. The van der Waals surface area contributed by atoms with Crippen molar-refractivity contribution in [1.29, 1.82) is 0 Å². The lowest BCUT2D eigenvalue weighted by Gasteiger charge is -2.15. The number of halogens is 1. The molecule has 1 aliphatic rings. The van der Waals surface area contributed by atoms with Gasteiger partial charge < -0.3 is 19.9 Å². The number of pyridine rings is 3. The van der Waals surface area contributed by atoms with E-state index in [4.69, 9.17) is 4.74 Å². The summed E-state index contributed by atoms with van der Waals surface area (Å²) in [5, 5.41) is 12.1. The molecule has 1 saturated heterocycles. The predicted molar refractivity (Wildman–Crippen MR) is 176 cm³/mol. The maximum atomic E-state index is 14.8. The van der Waals surface area contributed by atoms with Crippen molar-refractivity contribution >= 4 is 33.5 Å². The lowest BCUT2D eigenvalue weighted by molar-refractivity contribution is -0.116. The summed E-state index contributed by atoms with van der Waals surface area (Å²) < 4.78 is 20.7. The van der Waals surface area contributed by atoms with Gasteiger partial charge in [0, 0.05) is 64.2 Å². The van der Waals surface area contributed by atoms with E-state index in [1.165, 1.54) is 25.0 Å². The van der Waals surface area contributed by atoms with Gasteiger partial charge in [0.15, 0.2) is 5.65 Å². The summed E-state index contributed by atoms with van der Waals surface area (Å²) in [5.74, 6) is -0.0168. The Kier molecular flexibility index (Phi) is 8.12. The van der Waals surface area contributed by atoms with Crippen LogP contribution in [0.2, 0.25) is 0 Å². The third-order valence-corrected chi connectivity index (χ3v) is 8.06. The number of rotatable bonds is 10. The number of anilines is 1. The molecule has 234 valence electrons. The molecule has 0 saturated carbocycles. The van der Waals surface area contributed by atoms with Gasteiger partial charge >= 0.3 is 0 Å².